The summed E-state index contributed by atoms with van der Waals surface area (Å²) in [5.74, 6) is 1.83. The predicted octanol–water partition coefficient (Wildman–Crippen LogP) is 3.01. The van der Waals surface area contributed by atoms with E-state index in [0.717, 1.165) is 47.9 Å². The maximum atomic E-state index is 12.7. The molecule has 2 atom stereocenters. The van der Waals surface area contributed by atoms with Crippen LogP contribution < -0.4 is 5.56 Å². The second-order valence-electron chi connectivity index (χ2n) is 7.74. The number of rotatable bonds is 4. The largest absolute Gasteiger partial charge is 0.340 e. The van der Waals surface area contributed by atoms with Crippen LogP contribution >= 0.6 is 22.7 Å². The van der Waals surface area contributed by atoms with Crippen molar-refractivity contribution in [3.63, 3.8) is 0 Å². The van der Waals surface area contributed by atoms with Crippen LogP contribution in [0.15, 0.2) is 27.7 Å². The van der Waals surface area contributed by atoms with Crippen molar-refractivity contribution in [2.45, 2.75) is 19.9 Å². The van der Waals surface area contributed by atoms with Gasteiger partial charge in [-0.3, -0.25) is 14.5 Å². The number of aromatic amines is 1. The molecule has 3 aromatic rings. The summed E-state index contributed by atoms with van der Waals surface area (Å²) in [4.78, 5) is 38.9. The molecular weight excluding hydrogens is 392 g/mol. The monoisotopic (exact) mass is 414 g/mol. The Labute approximate surface area is 170 Å². The third-order valence-corrected chi connectivity index (χ3v) is 7.54. The van der Waals surface area contributed by atoms with Gasteiger partial charge in [0.1, 0.15) is 10.7 Å². The topological polar surface area (TPSA) is 69.3 Å². The molecule has 2 fully saturated rings. The first-order valence-corrected chi connectivity index (χ1v) is 11.4. The lowest BCUT2D eigenvalue weighted by atomic mass is 10.2. The van der Waals surface area contributed by atoms with Gasteiger partial charge < -0.3 is 9.88 Å². The summed E-state index contributed by atoms with van der Waals surface area (Å²) in [6, 6.07) is 4.02. The van der Waals surface area contributed by atoms with Crippen LogP contribution in [0.2, 0.25) is 0 Å². The van der Waals surface area contributed by atoms with Gasteiger partial charge in [-0.25, -0.2) is 4.98 Å². The van der Waals surface area contributed by atoms with E-state index in [-0.39, 0.29) is 11.5 Å². The Kier molecular flexibility index (Phi) is 4.57. The summed E-state index contributed by atoms with van der Waals surface area (Å²) in [6.45, 7) is 5.91. The van der Waals surface area contributed by atoms with Gasteiger partial charge in [0.15, 0.2) is 0 Å². The highest BCUT2D eigenvalue weighted by Gasteiger charge is 2.41. The molecule has 8 heteroatoms. The summed E-state index contributed by atoms with van der Waals surface area (Å²) in [7, 11) is 0. The molecule has 0 spiro atoms. The van der Waals surface area contributed by atoms with E-state index in [9.17, 15) is 9.59 Å². The molecule has 28 heavy (non-hydrogen) atoms. The smallest absolute Gasteiger partial charge is 0.260 e. The van der Waals surface area contributed by atoms with Gasteiger partial charge in [-0.15, -0.1) is 22.7 Å². The summed E-state index contributed by atoms with van der Waals surface area (Å²) in [5, 5.41) is 4.72. The zero-order valence-electron chi connectivity index (χ0n) is 15.7. The Hall–Kier alpha value is -2.03. The molecule has 146 valence electrons. The minimum Gasteiger partial charge on any atom is -0.340 e. The van der Waals surface area contributed by atoms with E-state index in [1.807, 2.05) is 27.8 Å². The van der Waals surface area contributed by atoms with Crippen LogP contribution in [0.4, 0.5) is 0 Å². The Balaban J connectivity index is 1.29. The van der Waals surface area contributed by atoms with Crippen molar-refractivity contribution in [2.24, 2.45) is 11.8 Å². The molecule has 1 amide bonds. The summed E-state index contributed by atoms with van der Waals surface area (Å²) < 4.78 is 0. The normalized spacial score (nSPS) is 22.7. The van der Waals surface area contributed by atoms with Crippen LogP contribution in [0.25, 0.3) is 20.7 Å². The fourth-order valence-corrected chi connectivity index (χ4v) is 5.70. The first-order chi connectivity index (χ1) is 13.6. The number of fused-ring (bicyclic) bond motifs is 1. The van der Waals surface area contributed by atoms with E-state index in [1.54, 1.807) is 11.3 Å². The molecular formula is C20H22N4O2S2. The van der Waals surface area contributed by atoms with Gasteiger partial charge in [0.2, 0.25) is 5.91 Å². The standard InChI is InChI=1S/C20H22N4O2S2/c1-12-9-13(12)20(26)24-6-4-23(5-7-24)10-16-21-18(25)17-14(11-28-19(17)22-16)15-3-2-8-27-15/h2-3,8,11-13H,4-7,9-10H2,1H3,(H,21,22,25)/t12-,13+/m0/s1. The molecule has 1 aliphatic carbocycles. The fraction of sp³-hybridized carbons (Fsp3) is 0.450. The molecule has 3 aromatic heterocycles. The van der Waals surface area contributed by atoms with Gasteiger partial charge in [-0.05, 0) is 23.8 Å². The summed E-state index contributed by atoms with van der Waals surface area (Å²) in [5.41, 5.74) is 0.901. The van der Waals surface area contributed by atoms with E-state index in [1.165, 1.54) is 11.3 Å². The van der Waals surface area contributed by atoms with Crippen molar-refractivity contribution in [3.05, 3.63) is 39.1 Å². The van der Waals surface area contributed by atoms with Gasteiger partial charge in [0.05, 0.1) is 11.9 Å². The number of nitrogens with zero attached hydrogens (tertiary/aromatic N) is 3. The number of hydrogen-bond acceptors (Lipinski definition) is 6. The number of thiophene rings is 2. The predicted molar refractivity (Wildman–Crippen MR) is 113 cm³/mol. The van der Waals surface area contributed by atoms with Gasteiger partial charge in [-0.2, -0.15) is 0 Å². The van der Waals surface area contributed by atoms with E-state index >= 15 is 0 Å². The first-order valence-electron chi connectivity index (χ1n) is 9.65. The lowest BCUT2D eigenvalue weighted by molar-refractivity contribution is -0.134. The third kappa shape index (κ3) is 3.29. The van der Waals surface area contributed by atoms with Crippen molar-refractivity contribution in [3.8, 4) is 10.4 Å². The number of carbonyl (C=O) groups is 1. The molecule has 1 N–H and O–H groups in total. The molecule has 2 aliphatic rings. The summed E-state index contributed by atoms with van der Waals surface area (Å²) >= 11 is 3.15. The molecule has 0 unspecified atom stereocenters. The number of piperazine rings is 1. The van der Waals surface area contributed by atoms with Crippen LogP contribution in [-0.4, -0.2) is 51.9 Å². The van der Waals surface area contributed by atoms with E-state index in [0.29, 0.717) is 29.6 Å². The van der Waals surface area contributed by atoms with Gasteiger partial charge in [0, 0.05) is 47.9 Å². The zero-order chi connectivity index (χ0) is 19.3. The molecule has 6 nitrogen and oxygen atoms in total. The van der Waals surface area contributed by atoms with Crippen molar-refractivity contribution >= 4 is 38.8 Å². The lowest BCUT2D eigenvalue weighted by Crippen LogP contribution is -2.49. The third-order valence-electron chi connectivity index (χ3n) is 5.76. The van der Waals surface area contributed by atoms with Crippen LogP contribution in [-0.2, 0) is 11.3 Å². The van der Waals surface area contributed by atoms with Crippen LogP contribution in [0.3, 0.4) is 0 Å². The molecule has 5 rings (SSSR count). The maximum Gasteiger partial charge on any atom is 0.260 e. The Morgan fingerprint density at radius 1 is 1.29 bits per heavy atom. The minimum atomic E-state index is -0.0683. The van der Waals surface area contributed by atoms with Crippen molar-refractivity contribution in [1.82, 2.24) is 19.8 Å². The number of hydrogen-bond donors (Lipinski definition) is 1. The number of amides is 1. The van der Waals surface area contributed by atoms with Gasteiger partial charge in [-0.1, -0.05) is 13.0 Å². The van der Waals surface area contributed by atoms with Crippen molar-refractivity contribution in [2.75, 3.05) is 26.2 Å². The molecule has 0 radical (unpaired) electrons. The second kappa shape index (κ2) is 7.09. The highest BCUT2D eigenvalue weighted by molar-refractivity contribution is 7.18. The average molecular weight is 415 g/mol. The van der Waals surface area contributed by atoms with Crippen LogP contribution in [0, 0.1) is 11.8 Å². The fourth-order valence-electron chi connectivity index (χ4n) is 3.92. The van der Waals surface area contributed by atoms with Crippen LogP contribution in [0.1, 0.15) is 19.2 Å². The number of H-pyrrole nitrogens is 1. The minimum absolute atomic E-state index is 0.0683. The first kappa shape index (κ1) is 18.0. The quantitative estimate of drug-likeness (QED) is 0.713. The highest BCUT2D eigenvalue weighted by Crippen LogP contribution is 2.39. The lowest BCUT2D eigenvalue weighted by Gasteiger charge is -2.34. The van der Waals surface area contributed by atoms with E-state index in [4.69, 9.17) is 4.98 Å². The highest BCUT2D eigenvalue weighted by atomic mass is 32.1. The molecule has 0 aromatic carbocycles. The molecule has 4 heterocycles. The summed E-state index contributed by atoms with van der Waals surface area (Å²) in [6.07, 6.45) is 1.04. The number of nitrogens with one attached hydrogen (secondary N) is 1. The molecule has 1 saturated heterocycles. The van der Waals surface area contributed by atoms with Crippen LogP contribution in [0.5, 0.6) is 0 Å². The van der Waals surface area contributed by atoms with Gasteiger partial charge >= 0.3 is 0 Å². The average Bonchev–Trinajstić information content (AvgIpc) is 3.09. The maximum absolute atomic E-state index is 12.7. The Morgan fingerprint density at radius 2 is 2.07 bits per heavy atom. The second-order valence-corrected chi connectivity index (χ2v) is 9.55. The van der Waals surface area contributed by atoms with Gasteiger partial charge in [0.25, 0.3) is 5.56 Å². The molecule has 1 aliphatic heterocycles. The number of aromatic nitrogens is 2. The number of carbonyl (C=O) groups excluding carboxylic acids is 1. The van der Waals surface area contributed by atoms with Crippen molar-refractivity contribution in [1.29, 1.82) is 0 Å². The Morgan fingerprint density at radius 3 is 2.75 bits per heavy atom. The Bertz CT molecular complexity index is 1060. The molecule has 1 saturated carbocycles. The van der Waals surface area contributed by atoms with E-state index in [2.05, 4.69) is 16.8 Å². The zero-order valence-corrected chi connectivity index (χ0v) is 17.3. The SMILES string of the molecule is C[C@H]1C[C@H]1C(=O)N1CCN(Cc2nc3scc(-c4cccs4)c3c(=O)[nH]2)CC1. The van der Waals surface area contributed by atoms with Crippen molar-refractivity contribution < 1.29 is 4.79 Å². The molecule has 0 bridgehead atoms. The van der Waals surface area contributed by atoms with E-state index < -0.39 is 0 Å².